The van der Waals surface area contributed by atoms with Gasteiger partial charge in [-0.3, -0.25) is 4.57 Å². The van der Waals surface area contributed by atoms with Gasteiger partial charge in [0.25, 0.3) is 0 Å². The van der Waals surface area contributed by atoms with E-state index in [2.05, 4.69) is 125 Å². The molecule has 4 heterocycles. The Hall–Kier alpha value is -6.68. The fourth-order valence-corrected chi connectivity index (χ4v) is 8.87. The Morgan fingerprint density at radius 3 is 2.24 bits per heavy atom. The summed E-state index contributed by atoms with van der Waals surface area (Å²) in [5.41, 5.74) is 8.85. The number of rotatable bonds is 2. The van der Waals surface area contributed by atoms with Gasteiger partial charge in [-0.25, -0.2) is 4.99 Å². The van der Waals surface area contributed by atoms with Gasteiger partial charge < -0.3 is 9.73 Å². The average Bonchev–Trinajstić information content (AvgIpc) is 3.84. The number of furan rings is 1. The number of aromatic nitrogens is 1. The molecule has 0 bridgehead atoms. The highest BCUT2D eigenvalue weighted by Crippen LogP contribution is 2.49. The molecule has 0 amide bonds. The lowest BCUT2D eigenvalue weighted by Crippen LogP contribution is -2.29. The topological polar surface area (TPSA) is 66.2 Å². The highest BCUT2D eigenvalue weighted by molar-refractivity contribution is 7.23. The minimum Gasteiger partial charge on any atom is -0.456 e. The van der Waals surface area contributed by atoms with Gasteiger partial charge in [0.2, 0.25) is 0 Å². The van der Waals surface area contributed by atoms with Crippen LogP contribution in [0.25, 0.3) is 75.7 Å². The molecule has 0 saturated carbocycles. The van der Waals surface area contributed by atoms with Gasteiger partial charge in [-0.05, 0) is 88.1 Å². The van der Waals surface area contributed by atoms with Crippen LogP contribution < -0.4 is 5.32 Å². The van der Waals surface area contributed by atoms with Crippen molar-refractivity contribution in [3.8, 4) is 17.2 Å². The molecule has 1 atom stereocenters. The summed E-state index contributed by atoms with van der Waals surface area (Å²) >= 11 is 1.74. The molecule has 0 saturated heterocycles. The van der Waals surface area contributed by atoms with E-state index >= 15 is 0 Å². The number of hydrogen-bond acceptors (Lipinski definition) is 5. The Bertz CT molecular complexity index is 3140. The minimum atomic E-state index is -0.243. The standard InChI is InChI=1S/C45H26N4OS/c46-25-26-13-15-27(16-14-26)30-18-20-41-36(22-30)43-45(51-41)48-42(31-17-19-40-35(23-31)33-10-4-6-12-39(33)50-40)44(47-43)49-37-11-5-3-9-32(37)34-21-28-7-1-2-8-29(28)24-38(34)49/h1-24,42,48H. The fraction of sp³-hybridized carbons (Fsp3) is 0.0222. The van der Waals surface area contributed by atoms with E-state index in [1.165, 1.54) is 21.5 Å². The highest BCUT2D eigenvalue weighted by atomic mass is 32.1. The van der Waals surface area contributed by atoms with E-state index in [-0.39, 0.29) is 6.04 Å². The third-order valence-corrected chi connectivity index (χ3v) is 11.4. The molecule has 6 heteroatoms. The van der Waals surface area contributed by atoms with E-state index in [1.54, 1.807) is 11.3 Å². The Balaban J connectivity index is 1.19. The number of fused-ring (bicyclic) bond motifs is 10. The molecule has 1 unspecified atom stereocenters. The van der Waals surface area contributed by atoms with Crippen LogP contribution in [0, 0.1) is 11.3 Å². The van der Waals surface area contributed by atoms with E-state index in [0.717, 1.165) is 76.3 Å². The maximum Gasteiger partial charge on any atom is 0.141 e. The molecule has 0 fully saturated rings. The number of benzene rings is 7. The van der Waals surface area contributed by atoms with Crippen molar-refractivity contribution < 1.29 is 4.42 Å². The van der Waals surface area contributed by atoms with E-state index in [9.17, 15) is 5.26 Å². The Kier molecular flexibility index (Phi) is 5.89. The highest BCUT2D eigenvalue weighted by Gasteiger charge is 2.31. The number of nitrogens with zero attached hydrogens (tertiary/aromatic N) is 3. The lowest BCUT2D eigenvalue weighted by molar-refractivity contribution is 0.668. The van der Waals surface area contributed by atoms with Gasteiger partial charge in [0, 0.05) is 31.6 Å². The van der Waals surface area contributed by atoms with E-state index in [1.807, 2.05) is 36.4 Å². The van der Waals surface area contributed by atoms with Crippen molar-refractivity contribution in [1.82, 2.24) is 4.57 Å². The molecular formula is C45H26N4OS. The summed E-state index contributed by atoms with van der Waals surface area (Å²) < 4.78 is 9.77. The molecule has 1 aliphatic heterocycles. The first kappa shape index (κ1) is 28.2. The largest absolute Gasteiger partial charge is 0.456 e. The van der Waals surface area contributed by atoms with Crippen molar-refractivity contribution >= 4 is 92.5 Å². The van der Waals surface area contributed by atoms with E-state index in [4.69, 9.17) is 9.41 Å². The summed E-state index contributed by atoms with van der Waals surface area (Å²) in [4.78, 5) is 5.67. The maximum atomic E-state index is 9.35. The number of nitrogens with one attached hydrogen (secondary N) is 1. The van der Waals surface area contributed by atoms with Crippen LogP contribution in [0.3, 0.4) is 0 Å². The first-order chi connectivity index (χ1) is 25.2. The number of nitriles is 1. The number of aliphatic imine (C=N–C) groups is 1. The molecule has 1 aliphatic rings. The van der Waals surface area contributed by atoms with Crippen LogP contribution >= 0.6 is 11.3 Å². The van der Waals surface area contributed by atoms with Crippen LogP contribution in [0.5, 0.6) is 0 Å². The van der Waals surface area contributed by atoms with Crippen LogP contribution in [-0.4, -0.2) is 10.4 Å². The van der Waals surface area contributed by atoms with E-state index in [0.29, 0.717) is 5.56 Å². The smallest absolute Gasteiger partial charge is 0.141 e. The molecule has 0 spiro atoms. The van der Waals surface area contributed by atoms with Gasteiger partial charge in [-0.1, -0.05) is 84.9 Å². The van der Waals surface area contributed by atoms with Gasteiger partial charge in [-0.2, -0.15) is 5.26 Å². The molecule has 51 heavy (non-hydrogen) atoms. The first-order valence-electron chi connectivity index (χ1n) is 17.0. The summed E-state index contributed by atoms with van der Waals surface area (Å²) in [5.74, 6) is 0.916. The summed E-state index contributed by atoms with van der Waals surface area (Å²) in [5, 5.41) is 22.5. The molecule has 0 aliphatic carbocycles. The van der Waals surface area contributed by atoms with Crippen molar-refractivity contribution in [3.63, 3.8) is 0 Å². The average molecular weight is 671 g/mol. The Labute approximate surface area is 295 Å². The van der Waals surface area contributed by atoms with Crippen molar-refractivity contribution in [3.05, 3.63) is 157 Å². The molecule has 1 N–H and O–H groups in total. The van der Waals surface area contributed by atoms with Gasteiger partial charge in [0.15, 0.2) is 0 Å². The molecule has 11 rings (SSSR count). The second kappa shape index (κ2) is 10.7. The van der Waals surface area contributed by atoms with Crippen LogP contribution in [0.4, 0.5) is 10.7 Å². The zero-order chi connectivity index (χ0) is 33.6. The van der Waals surface area contributed by atoms with Crippen molar-refractivity contribution in [1.29, 1.82) is 5.26 Å². The van der Waals surface area contributed by atoms with Crippen molar-refractivity contribution in [2.75, 3.05) is 5.32 Å². The minimum absolute atomic E-state index is 0.243. The fourth-order valence-electron chi connectivity index (χ4n) is 7.82. The molecule has 0 radical (unpaired) electrons. The Morgan fingerprint density at radius 2 is 1.37 bits per heavy atom. The quantitative estimate of drug-likeness (QED) is 0.199. The Morgan fingerprint density at radius 1 is 0.627 bits per heavy atom. The van der Waals surface area contributed by atoms with Crippen LogP contribution in [0.2, 0.25) is 0 Å². The second-order valence-corrected chi connectivity index (χ2v) is 14.2. The molecule has 5 nitrogen and oxygen atoms in total. The zero-order valence-electron chi connectivity index (χ0n) is 27.1. The maximum absolute atomic E-state index is 9.35. The van der Waals surface area contributed by atoms with Gasteiger partial charge in [0.05, 0.1) is 22.7 Å². The summed E-state index contributed by atoms with van der Waals surface area (Å²) in [6.45, 7) is 0. The number of thiophene rings is 1. The van der Waals surface area contributed by atoms with Gasteiger partial charge in [0.1, 0.15) is 33.7 Å². The van der Waals surface area contributed by atoms with Crippen molar-refractivity contribution in [2.45, 2.75) is 6.04 Å². The van der Waals surface area contributed by atoms with E-state index < -0.39 is 0 Å². The number of para-hydroxylation sites is 2. The first-order valence-corrected chi connectivity index (χ1v) is 17.8. The number of anilines is 1. The summed E-state index contributed by atoms with van der Waals surface area (Å²) in [7, 11) is 0. The van der Waals surface area contributed by atoms with Crippen LogP contribution in [-0.2, 0) is 0 Å². The lowest BCUT2D eigenvalue weighted by atomic mass is 10.00. The predicted molar refractivity (Wildman–Crippen MR) is 212 cm³/mol. The molecule has 7 aromatic carbocycles. The number of hydrogen-bond donors (Lipinski definition) is 1. The third kappa shape index (κ3) is 4.22. The monoisotopic (exact) mass is 670 g/mol. The molecule has 238 valence electrons. The molecular weight excluding hydrogens is 645 g/mol. The SMILES string of the molecule is N#Cc1ccc(-c2ccc3sc4c(c3c2)N=C(n2c3ccccc3c3cc5ccccc5cc32)C(c2ccc3oc5ccccc5c3c2)N4)cc1. The third-order valence-electron chi connectivity index (χ3n) is 10.3. The van der Waals surface area contributed by atoms with Crippen LogP contribution in [0.15, 0.2) is 155 Å². The van der Waals surface area contributed by atoms with Crippen molar-refractivity contribution in [2.24, 2.45) is 4.99 Å². The molecule has 10 aromatic rings. The van der Waals surface area contributed by atoms with Crippen LogP contribution in [0.1, 0.15) is 17.2 Å². The zero-order valence-corrected chi connectivity index (χ0v) is 27.9. The summed E-state index contributed by atoms with van der Waals surface area (Å²) in [6.07, 6.45) is 0. The second-order valence-electron chi connectivity index (χ2n) is 13.2. The van der Waals surface area contributed by atoms with Gasteiger partial charge >= 0.3 is 0 Å². The molecule has 3 aromatic heterocycles. The van der Waals surface area contributed by atoms with Gasteiger partial charge in [-0.15, -0.1) is 11.3 Å². The lowest BCUT2D eigenvalue weighted by Gasteiger charge is -2.27. The predicted octanol–water partition coefficient (Wildman–Crippen LogP) is 12.3. The summed E-state index contributed by atoms with van der Waals surface area (Å²) in [6, 6.07) is 52.9. The normalized spacial score (nSPS) is 14.3.